The lowest BCUT2D eigenvalue weighted by molar-refractivity contribution is 0.111. The molecule has 2 fully saturated rings. The predicted octanol–water partition coefficient (Wildman–Crippen LogP) is 7.50. The second kappa shape index (κ2) is 19.4. The molecule has 15 heteroatoms. The van der Waals surface area contributed by atoms with E-state index >= 15 is 0 Å². The molecule has 8 heterocycles. The Labute approximate surface area is 351 Å². The Balaban J connectivity index is 0.000000140. The summed E-state index contributed by atoms with van der Waals surface area (Å²) in [4.78, 5) is 46.8. The first-order valence-electron chi connectivity index (χ1n) is 20.3. The zero-order valence-electron chi connectivity index (χ0n) is 33.5. The van der Waals surface area contributed by atoms with Crippen LogP contribution in [0.25, 0.3) is 44.6 Å². The summed E-state index contributed by atoms with van der Waals surface area (Å²) in [7, 11) is 0. The van der Waals surface area contributed by atoms with Crippen LogP contribution in [0.2, 0.25) is 0 Å². The van der Waals surface area contributed by atoms with Gasteiger partial charge in [0.25, 0.3) is 0 Å². The summed E-state index contributed by atoms with van der Waals surface area (Å²) in [6.45, 7) is 4.31. The van der Waals surface area contributed by atoms with Gasteiger partial charge in [-0.15, -0.1) is 0 Å². The van der Waals surface area contributed by atoms with Crippen molar-refractivity contribution in [1.29, 1.82) is 0 Å². The third-order valence-corrected chi connectivity index (χ3v) is 10.8. The fourth-order valence-corrected chi connectivity index (χ4v) is 7.53. The Kier molecular flexibility index (Phi) is 13.0. The van der Waals surface area contributed by atoms with E-state index < -0.39 is 0 Å². The van der Waals surface area contributed by atoms with E-state index in [1.165, 1.54) is 18.3 Å². The van der Waals surface area contributed by atoms with Crippen molar-refractivity contribution in [2.45, 2.75) is 44.3 Å². The lowest BCUT2D eigenvalue weighted by atomic mass is 10.0. The fourth-order valence-electron chi connectivity index (χ4n) is 7.53. The number of piperidine rings is 2. The van der Waals surface area contributed by atoms with Crippen LogP contribution in [0.4, 0.5) is 20.4 Å². The number of halogens is 2. The van der Waals surface area contributed by atoms with Crippen molar-refractivity contribution in [3.8, 4) is 23.0 Å². The lowest BCUT2D eigenvalue weighted by Crippen LogP contribution is -2.42. The molecule has 6 aromatic heterocycles. The van der Waals surface area contributed by atoms with Crippen molar-refractivity contribution in [3.05, 3.63) is 145 Å². The molecule has 0 atom stereocenters. The summed E-state index contributed by atoms with van der Waals surface area (Å²) in [5.41, 5.74) is 8.98. The number of hydrogen-bond acceptors (Lipinski definition) is 11. The van der Waals surface area contributed by atoms with Crippen LogP contribution in [-0.2, 0) is 6.54 Å². The zero-order chi connectivity index (χ0) is 42.0. The molecule has 8 aromatic rings. The van der Waals surface area contributed by atoms with Crippen molar-refractivity contribution in [2.75, 3.05) is 36.0 Å². The van der Waals surface area contributed by atoms with Gasteiger partial charge in [-0.3, -0.25) is 14.8 Å². The molecule has 0 radical (unpaired) electrons. The van der Waals surface area contributed by atoms with E-state index in [0.29, 0.717) is 17.6 Å². The molecule has 0 spiro atoms. The quantitative estimate of drug-likeness (QED) is 0.112. The van der Waals surface area contributed by atoms with Gasteiger partial charge in [0.1, 0.15) is 34.7 Å². The number of nitrogens with two attached hydrogens (primary N) is 1. The number of nitrogens with one attached hydrogen (secondary N) is 3. The molecular formula is C46H46F2N12O. The molecule has 2 aliphatic rings. The van der Waals surface area contributed by atoms with Crippen LogP contribution in [-0.4, -0.2) is 84.4 Å². The molecular weight excluding hydrogens is 775 g/mol. The van der Waals surface area contributed by atoms with E-state index in [1.54, 1.807) is 43.0 Å². The monoisotopic (exact) mass is 820 g/mol. The molecule has 61 heavy (non-hydrogen) atoms. The van der Waals surface area contributed by atoms with Crippen LogP contribution in [0.15, 0.2) is 122 Å². The molecule has 0 saturated carbocycles. The molecule has 0 amide bonds. The Hall–Kier alpha value is -6.97. The van der Waals surface area contributed by atoms with Crippen LogP contribution >= 0.6 is 0 Å². The SMILES string of the molecule is Fc1ccc2ccnc(N3CCC(NCc4cnc(-c5ccccn5)[nH]4)CC3)c2c1.NC1CCN(c2nccc3ccc(F)cc23)CC1.O=Cc1cnc(-c2ccccn2)[nH]1. The van der Waals surface area contributed by atoms with Crippen molar-refractivity contribution >= 4 is 39.5 Å². The molecule has 310 valence electrons. The maximum absolute atomic E-state index is 13.7. The maximum atomic E-state index is 13.7. The van der Waals surface area contributed by atoms with Crippen LogP contribution in [0.3, 0.4) is 0 Å². The third kappa shape index (κ3) is 10.3. The summed E-state index contributed by atoms with van der Waals surface area (Å²) < 4.78 is 27.1. The van der Waals surface area contributed by atoms with Crippen molar-refractivity contribution < 1.29 is 13.6 Å². The Morgan fingerprint density at radius 1 is 0.639 bits per heavy atom. The molecule has 2 saturated heterocycles. The van der Waals surface area contributed by atoms with Gasteiger partial charge in [0, 0.05) is 86.1 Å². The molecule has 2 aliphatic heterocycles. The molecule has 5 N–H and O–H groups in total. The van der Waals surface area contributed by atoms with Gasteiger partial charge in [0.2, 0.25) is 0 Å². The number of fused-ring (bicyclic) bond motifs is 2. The largest absolute Gasteiger partial charge is 0.356 e. The fraction of sp³-hybridized carbons (Fsp3) is 0.239. The highest BCUT2D eigenvalue weighted by atomic mass is 19.1. The third-order valence-electron chi connectivity index (χ3n) is 10.8. The Morgan fingerprint density at radius 3 is 1.70 bits per heavy atom. The number of imidazole rings is 2. The van der Waals surface area contributed by atoms with Gasteiger partial charge in [0.15, 0.2) is 17.9 Å². The first-order chi connectivity index (χ1) is 29.9. The molecule has 13 nitrogen and oxygen atoms in total. The Bertz CT molecular complexity index is 2660. The summed E-state index contributed by atoms with van der Waals surface area (Å²) in [6, 6.07) is 25.6. The average molecular weight is 821 g/mol. The van der Waals surface area contributed by atoms with E-state index in [9.17, 15) is 13.6 Å². The standard InChI is InChI=1S/C23H23FN6.C14H16FN3.C9H7N3O/c24-17-5-4-16-6-10-26-23(20(16)13-17)30-11-7-18(8-12-30)27-14-19-15-28-22(29-19)21-3-1-2-9-25-21;15-11-2-1-10-3-6-17-14(13(10)9-11)18-7-4-12(16)5-8-18;13-6-7-5-11-9(12-7)8-3-1-2-4-10-8/h1-6,9-10,13,15,18,27H,7-8,11-12,14H2,(H,28,29);1-3,6,9,12H,4-5,7-8,16H2;1-6H,(H,11,12). The first-order valence-corrected chi connectivity index (χ1v) is 20.3. The molecule has 2 aromatic carbocycles. The molecule has 10 rings (SSSR count). The highest BCUT2D eigenvalue weighted by molar-refractivity contribution is 5.93. The van der Waals surface area contributed by atoms with Crippen molar-refractivity contribution in [1.82, 2.24) is 45.2 Å². The van der Waals surface area contributed by atoms with E-state index in [1.807, 2.05) is 60.8 Å². The van der Waals surface area contributed by atoms with Crippen LogP contribution < -0.4 is 20.9 Å². The van der Waals surface area contributed by atoms with E-state index in [4.69, 9.17) is 5.73 Å². The minimum Gasteiger partial charge on any atom is -0.356 e. The van der Waals surface area contributed by atoms with Gasteiger partial charge in [-0.25, -0.2) is 28.7 Å². The molecule has 0 bridgehead atoms. The maximum Gasteiger partial charge on any atom is 0.167 e. The number of aromatic nitrogens is 8. The van der Waals surface area contributed by atoms with Crippen LogP contribution in [0.5, 0.6) is 0 Å². The summed E-state index contributed by atoms with van der Waals surface area (Å²) in [5, 5.41) is 7.43. The number of hydrogen-bond donors (Lipinski definition) is 4. The number of anilines is 2. The van der Waals surface area contributed by atoms with E-state index in [2.05, 4.69) is 55.0 Å². The van der Waals surface area contributed by atoms with Crippen LogP contribution in [0.1, 0.15) is 41.9 Å². The topological polar surface area (TPSA) is 171 Å². The highest BCUT2D eigenvalue weighted by Crippen LogP contribution is 2.29. The summed E-state index contributed by atoms with van der Waals surface area (Å²) in [5.74, 6) is 2.71. The lowest BCUT2D eigenvalue weighted by Gasteiger charge is -2.33. The van der Waals surface area contributed by atoms with Gasteiger partial charge in [-0.2, -0.15) is 0 Å². The van der Waals surface area contributed by atoms with Crippen LogP contribution in [0, 0.1) is 11.6 Å². The van der Waals surface area contributed by atoms with Crippen molar-refractivity contribution in [3.63, 3.8) is 0 Å². The van der Waals surface area contributed by atoms with Gasteiger partial charge in [-0.1, -0.05) is 24.3 Å². The van der Waals surface area contributed by atoms with Gasteiger partial charge in [-0.05, 0) is 97.1 Å². The summed E-state index contributed by atoms with van der Waals surface area (Å²) >= 11 is 0. The number of aromatic amines is 2. The molecule has 0 unspecified atom stereocenters. The normalized spacial score (nSPS) is 14.6. The number of rotatable bonds is 8. The second-order valence-electron chi connectivity index (χ2n) is 15.0. The first kappa shape index (κ1) is 40.8. The van der Waals surface area contributed by atoms with E-state index in [0.717, 1.165) is 121 Å². The van der Waals surface area contributed by atoms with Gasteiger partial charge >= 0.3 is 0 Å². The zero-order valence-corrected chi connectivity index (χ0v) is 33.5. The smallest absolute Gasteiger partial charge is 0.167 e. The average Bonchev–Trinajstić information content (AvgIpc) is 4.01. The minimum atomic E-state index is -0.224. The minimum absolute atomic E-state index is 0.217. The van der Waals surface area contributed by atoms with E-state index in [-0.39, 0.29) is 17.7 Å². The number of carbonyl (C=O) groups excluding carboxylic acids is 1. The number of pyridine rings is 4. The summed E-state index contributed by atoms with van der Waals surface area (Å²) in [6.07, 6.45) is 15.0. The predicted molar refractivity (Wildman–Crippen MR) is 234 cm³/mol. The van der Waals surface area contributed by atoms with Gasteiger partial charge < -0.3 is 30.8 Å². The number of nitrogens with zero attached hydrogens (tertiary/aromatic N) is 8. The number of aldehydes is 1. The Morgan fingerprint density at radius 2 is 1.18 bits per heavy atom. The number of H-pyrrole nitrogens is 2. The highest BCUT2D eigenvalue weighted by Gasteiger charge is 2.22. The van der Waals surface area contributed by atoms with Crippen molar-refractivity contribution in [2.24, 2.45) is 5.73 Å². The second-order valence-corrected chi connectivity index (χ2v) is 15.0. The van der Waals surface area contributed by atoms with Gasteiger partial charge in [0.05, 0.1) is 18.1 Å². The number of benzene rings is 2. The molecule has 0 aliphatic carbocycles. The number of carbonyl (C=O) groups is 1.